The lowest BCUT2D eigenvalue weighted by atomic mass is 10.1. The van der Waals surface area contributed by atoms with Crippen LogP contribution in [0.3, 0.4) is 0 Å². The van der Waals surface area contributed by atoms with Crippen molar-refractivity contribution in [1.29, 1.82) is 0 Å². The average Bonchev–Trinajstić information content (AvgIpc) is 2.30. The number of ether oxygens (including phenoxy) is 1. The van der Waals surface area contributed by atoms with Crippen LogP contribution in [0, 0.1) is 0 Å². The van der Waals surface area contributed by atoms with E-state index < -0.39 is 12.0 Å². The van der Waals surface area contributed by atoms with E-state index >= 15 is 0 Å². The second-order valence-corrected chi connectivity index (χ2v) is 3.55. The van der Waals surface area contributed by atoms with Crippen LogP contribution in [0.15, 0.2) is 30.9 Å². The van der Waals surface area contributed by atoms with Crippen LogP contribution in [0.25, 0.3) is 0 Å². The van der Waals surface area contributed by atoms with Crippen LogP contribution in [-0.4, -0.2) is 28.8 Å². The van der Waals surface area contributed by atoms with E-state index in [9.17, 15) is 9.90 Å². The number of benzene rings is 1. The van der Waals surface area contributed by atoms with Gasteiger partial charge >= 0.3 is 5.97 Å². The van der Waals surface area contributed by atoms with Crippen molar-refractivity contribution < 1.29 is 19.7 Å². The highest BCUT2D eigenvalue weighted by Crippen LogP contribution is 2.25. The Morgan fingerprint density at radius 1 is 1.47 bits per heavy atom. The lowest BCUT2D eigenvalue weighted by Crippen LogP contribution is -2.34. The molecule has 92 valence electrons. The summed E-state index contributed by atoms with van der Waals surface area (Å²) in [7, 11) is 0. The molecule has 5 heteroatoms. The van der Waals surface area contributed by atoms with E-state index in [2.05, 4.69) is 6.58 Å². The first-order valence-corrected chi connectivity index (χ1v) is 5.08. The molecule has 0 saturated carbocycles. The maximum Gasteiger partial charge on any atom is 0.323 e. The van der Waals surface area contributed by atoms with Crippen molar-refractivity contribution in [2.75, 3.05) is 6.61 Å². The van der Waals surface area contributed by atoms with Crippen LogP contribution in [0.4, 0.5) is 0 Å². The third-order valence-electron chi connectivity index (χ3n) is 2.14. The molecule has 0 aliphatic carbocycles. The number of aromatic hydroxyl groups is 2. The van der Waals surface area contributed by atoms with Gasteiger partial charge in [-0.1, -0.05) is 18.7 Å². The van der Waals surface area contributed by atoms with Gasteiger partial charge < -0.3 is 20.7 Å². The van der Waals surface area contributed by atoms with Gasteiger partial charge in [-0.15, -0.1) is 0 Å². The predicted molar refractivity (Wildman–Crippen MR) is 62.6 cm³/mol. The monoisotopic (exact) mass is 237 g/mol. The van der Waals surface area contributed by atoms with Gasteiger partial charge in [0, 0.05) is 0 Å². The van der Waals surface area contributed by atoms with Crippen molar-refractivity contribution in [2.24, 2.45) is 5.73 Å². The zero-order valence-corrected chi connectivity index (χ0v) is 9.30. The van der Waals surface area contributed by atoms with Gasteiger partial charge in [-0.05, 0) is 24.1 Å². The first-order chi connectivity index (χ1) is 8.04. The molecule has 0 heterocycles. The summed E-state index contributed by atoms with van der Waals surface area (Å²) >= 11 is 0. The number of nitrogens with two attached hydrogens (primary N) is 1. The Morgan fingerprint density at radius 3 is 2.76 bits per heavy atom. The van der Waals surface area contributed by atoms with E-state index in [1.54, 1.807) is 6.07 Å². The average molecular weight is 237 g/mol. The lowest BCUT2D eigenvalue weighted by molar-refractivity contribution is -0.143. The fraction of sp³-hybridized carbons (Fsp3) is 0.250. The summed E-state index contributed by atoms with van der Waals surface area (Å²) in [6.07, 6.45) is 1.68. The van der Waals surface area contributed by atoms with Gasteiger partial charge in [0.2, 0.25) is 0 Å². The fourth-order valence-electron chi connectivity index (χ4n) is 1.28. The van der Waals surface area contributed by atoms with Crippen molar-refractivity contribution in [2.45, 2.75) is 12.5 Å². The molecule has 0 aliphatic heterocycles. The number of rotatable bonds is 5. The standard InChI is InChI=1S/C12H15NO4/c1-2-5-17-12(16)9(13)6-8-3-4-10(14)11(15)7-8/h2-4,7,9,14-15H,1,5-6,13H2/t9-/m0/s1. The zero-order valence-electron chi connectivity index (χ0n) is 9.30. The second-order valence-electron chi connectivity index (χ2n) is 3.55. The molecule has 1 aromatic rings. The van der Waals surface area contributed by atoms with Crippen LogP contribution >= 0.6 is 0 Å². The van der Waals surface area contributed by atoms with Crippen LogP contribution in [0.1, 0.15) is 5.56 Å². The molecule has 1 aromatic carbocycles. The van der Waals surface area contributed by atoms with Crippen molar-refractivity contribution >= 4 is 5.97 Å². The Morgan fingerprint density at radius 2 is 2.18 bits per heavy atom. The maximum atomic E-state index is 11.4. The summed E-state index contributed by atoms with van der Waals surface area (Å²) in [6.45, 7) is 3.54. The number of phenolic OH excluding ortho intramolecular Hbond substituents is 2. The molecule has 0 aliphatic rings. The Kier molecular flexibility index (Phi) is 4.54. The van der Waals surface area contributed by atoms with Crippen LogP contribution in [0.2, 0.25) is 0 Å². The summed E-state index contributed by atoms with van der Waals surface area (Å²) in [5.74, 6) is -0.983. The molecular formula is C12H15NO4. The lowest BCUT2D eigenvalue weighted by Gasteiger charge is -2.11. The highest BCUT2D eigenvalue weighted by molar-refractivity contribution is 5.76. The first-order valence-electron chi connectivity index (χ1n) is 5.08. The van der Waals surface area contributed by atoms with Crippen LogP contribution < -0.4 is 5.73 Å². The highest BCUT2D eigenvalue weighted by atomic mass is 16.5. The van der Waals surface area contributed by atoms with E-state index in [1.165, 1.54) is 18.2 Å². The number of carbonyl (C=O) groups excluding carboxylic acids is 1. The number of carbonyl (C=O) groups is 1. The van der Waals surface area contributed by atoms with Crippen molar-refractivity contribution in [3.05, 3.63) is 36.4 Å². The van der Waals surface area contributed by atoms with E-state index in [4.69, 9.17) is 15.6 Å². The predicted octanol–water partition coefficient (Wildman–Crippen LogP) is 0.697. The molecule has 0 saturated heterocycles. The van der Waals surface area contributed by atoms with E-state index in [1.807, 2.05) is 0 Å². The SMILES string of the molecule is C=CCOC(=O)[C@@H](N)Cc1ccc(O)c(O)c1. The number of esters is 1. The molecule has 0 amide bonds. The Labute approximate surface area is 99.1 Å². The van der Waals surface area contributed by atoms with Gasteiger partial charge in [0.1, 0.15) is 12.6 Å². The Balaban J connectivity index is 2.61. The zero-order chi connectivity index (χ0) is 12.8. The van der Waals surface area contributed by atoms with Crippen LogP contribution in [-0.2, 0) is 16.0 Å². The molecule has 0 unspecified atom stereocenters. The molecule has 4 N–H and O–H groups in total. The smallest absolute Gasteiger partial charge is 0.323 e. The molecule has 0 bridgehead atoms. The normalized spacial score (nSPS) is 11.8. The molecule has 1 atom stereocenters. The first kappa shape index (κ1) is 13.1. The third-order valence-corrected chi connectivity index (χ3v) is 2.14. The summed E-state index contributed by atoms with van der Waals surface area (Å²) in [5, 5.41) is 18.4. The Bertz CT molecular complexity index is 417. The van der Waals surface area contributed by atoms with E-state index in [0.717, 1.165) is 0 Å². The third kappa shape index (κ3) is 3.81. The molecular weight excluding hydrogens is 222 g/mol. The van der Waals surface area contributed by atoms with Gasteiger partial charge in [0.15, 0.2) is 11.5 Å². The van der Waals surface area contributed by atoms with Crippen molar-refractivity contribution in [1.82, 2.24) is 0 Å². The number of hydrogen-bond acceptors (Lipinski definition) is 5. The summed E-state index contributed by atoms with van der Waals surface area (Å²) in [6, 6.07) is 3.47. The van der Waals surface area contributed by atoms with E-state index in [-0.39, 0.29) is 24.5 Å². The summed E-state index contributed by atoms with van der Waals surface area (Å²) in [4.78, 5) is 11.4. The van der Waals surface area contributed by atoms with Crippen molar-refractivity contribution in [3.8, 4) is 11.5 Å². The van der Waals surface area contributed by atoms with E-state index in [0.29, 0.717) is 5.56 Å². The topological polar surface area (TPSA) is 92.8 Å². The second kappa shape index (κ2) is 5.91. The van der Waals surface area contributed by atoms with Gasteiger partial charge in [-0.3, -0.25) is 4.79 Å². The summed E-state index contributed by atoms with van der Waals surface area (Å²) in [5.41, 5.74) is 6.27. The van der Waals surface area contributed by atoms with Crippen molar-refractivity contribution in [3.63, 3.8) is 0 Å². The molecule has 0 spiro atoms. The number of hydrogen-bond donors (Lipinski definition) is 3. The molecule has 5 nitrogen and oxygen atoms in total. The van der Waals surface area contributed by atoms with Gasteiger partial charge in [-0.2, -0.15) is 0 Å². The van der Waals surface area contributed by atoms with Gasteiger partial charge in [-0.25, -0.2) is 0 Å². The number of phenols is 2. The fourth-order valence-corrected chi connectivity index (χ4v) is 1.28. The highest BCUT2D eigenvalue weighted by Gasteiger charge is 2.15. The van der Waals surface area contributed by atoms with Crippen LogP contribution in [0.5, 0.6) is 11.5 Å². The minimum Gasteiger partial charge on any atom is -0.504 e. The Hall–Kier alpha value is -2.01. The van der Waals surface area contributed by atoms with Gasteiger partial charge in [0.05, 0.1) is 0 Å². The largest absolute Gasteiger partial charge is 0.504 e. The maximum absolute atomic E-state index is 11.4. The molecule has 1 rings (SSSR count). The molecule has 0 fully saturated rings. The summed E-state index contributed by atoms with van der Waals surface area (Å²) < 4.78 is 4.79. The minimum absolute atomic E-state index is 0.118. The minimum atomic E-state index is -0.807. The van der Waals surface area contributed by atoms with Gasteiger partial charge in [0.25, 0.3) is 0 Å². The quantitative estimate of drug-likeness (QED) is 0.398. The molecule has 17 heavy (non-hydrogen) atoms. The molecule has 0 aromatic heterocycles. The molecule has 0 radical (unpaired) electrons.